The molecule has 128 valence electrons. The molecule has 4 aromatic rings. The van der Waals surface area contributed by atoms with Crippen molar-refractivity contribution in [3.05, 3.63) is 68.4 Å². The first-order chi connectivity index (χ1) is 11.9. The highest BCUT2D eigenvalue weighted by Gasteiger charge is 2.19. The Bertz CT molecular complexity index is 1240. The molecule has 0 spiro atoms. The third-order valence-corrected chi connectivity index (χ3v) is 4.56. The number of rotatable bonds is 2. The molecule has 0 fully saturated rings. The Labute approximate surface area is 141 Å². The molecular weight excluding hydrogens is 325 g/mol. The summed E-state index contributed by atoms with van der Waals surface area (Å²) >= 11 is 0. The fraction of sp³-hybridized carbons (Fsp3) is 0.235. The Morgan fingerprint density at radius 3 is 2.44 bits per heavy atom. The molecule has 25 heavy (non-hydrogen) atoms. The zero-order valence-corrected chi connectivity index (χ0v) is 14.0. The second-order valence-corrected chi connectivity index (χ2v) is 6.14. The van der Waals surface area contributed by atoms with E-state index in [1.807, 2.05) is 24.7 Å². The van der Waals surface area contributed by atoms with Crippen molar-refractivity contribution in [1.82, 2.24) is 23.1 Å². The molecule has 0 unspecified atom stereocenters. The molecule has 0 aliphatic rings. The van der Waals surface area contributed by atoms with Crippen LogP contribution >= 0.6 is 0 Å². The normalized spacial score (nSPS) is 11.7. The van der Waals surface area contributed by atoms with Crippen molar-refractivity contribution in [2.75, 3.05) is 0 Å². The van der Waals surface area contributed by atoms with Crippen LogP contribution in [0.2, 0.25) is 0 Å². The van der Waals surface area contributed by atoms with Crippen LogP contribution in [-0.2, 0) is 20.6 Å². The molecule has 0 saturated heterocycles. The van der Waals surface area contributed by atoms with Gasteiger partial charge in [-0.25, -0.2) is 9.18 Å². The van der Waals surface area contributed by atoms with Gasteiger partial charge in [0.05, 0.1) is 6.54 Å². The molecule has 0 radical (unpaired) electrons. The van der Waals surface area contributed by atoms with E-state index < -0.39 is 11.2 Å². The van der Waals surface area contributed by atoms with Crippen molar-refractivity contribution in [2.24, 2.45) is 14.1 Å². The van der Waals surface area contributed by atoms with Gasteiger partial charge in [0, 0.05) is 26.0 Å². The Kier molecular flexibility index (Phi) is 3.18. The van der Waals surface area contributed by atoms with Gasteiger partial charge in [-0.1, -0.05) is 12.1 Å². The molecule has 0 aliphatic heterocycles. The van der Waals surface area contributed by atoms with Crippen molar-refractivity contribution in [3.63, 3.8) is 0 Å². The molecule has 0 saturated carbocycles. The average Bonchev–Trinajstić information content (AvgIpc) is 3.09. The summed E-state index contributed by atoms with van der Waals surface area (Å²) in [4.78, 5) is 30.0. The average molecular weight is 341 g/mol. The highest BCUT2D eigenvalue weighted by molar-refractivity contribution is 5.75. The smallest absolute Gasteiger partial charge is 0.317 e. The van der Waals surface area contributed by atoms with E-state index in [9.17, 15) is 14.0 Å². The number of imidazole rings is 2. The number of nitrogens with zero attached hydrogens (tertiary/aromatic N) is 5. The van der Waals surface area contributed by atoms with Gasteiger partial charge in [0.2, 0.25) is 5.78 Å². The Morgan fingerprint density at radius 2 is 1.76 bits per heavy atom. The highest BCUT2D eigenvalue weighted by atomic mass is 19.1. The van der Waals surface area contributed by atoms with E-state index in [0.29, 0.717) is 22.5 Å². The second-order valence-electron chi connectivity index (χ2n) is 6.14. The predicted octanol–water partition coefficient (Wildman–Crippen LogP) is 1.18. The predicted molar refractivity (Wildman–Crippen MR) is 91.4 cm³/mol. The summed E-state index contributed by atoms with van der Waals surface area (Å²) in [7, 11) is 3.44. The van der Waals surface area contributed by atoms with Gasteiger partial charge >= 0.3 is 5.69 Å². The number of halogens is 1. The van der Waals surface area contributed by atoms with Crippen LogP contribution in [0.5, 0.6) is 0 Å². The molecule has 0 atom stereocenters. The quantitative estimate of drug-likeness (QED) is 0.550. The molecule has 0 aliphatic carbocycles. The van der Waals surface area contributed by atoms with Gasteiger partial charge < -0.3 is 4.57 Å². The lowest BCUT2D eigenvalue weighted by Crippen LogP contribution is -2.39. The lowest BCUT2D eigenvalue weighted by Gasteiger charge is -2.08. The lowest BCUT2D eigenvalue weighted by atomic mass is 10.2. The van der Waals surface area contributed by atoms with Crippen molar-refractivity contribution in [1.29, 1.82) is 0 Å². The van der Waals surface area contributed by atoms with Crippen LogP contribution in [0.15, 0.2) is 40.1 Å². The fourth-order valence-electron chi connectivity index (χ4n) is 3.03. The molecule has 1 aromatic carbocycles. The lowest BCUT2D eigenvalue weighted by molar-refractivity contribution is 0.623. The SMILES string of the molecule is Cc1cn2c3c(=O)n(Cc4ccc(F)cc4)c(=O)n(C)c3nc2n1C. The number of fused-ring (bicyclic) bond motifs is 3. The summed E-state index contributed by atoms with van der Waals surface area (Å²) in [5.74, 6) is 0.232. The summed E-state index contributed by atoms with van der Waals surface area (Å²) in [6.07, 6.45) is 1.82. The maximum atomic E-state index is 13.1. The third kappa shape index (κ3) is 2.14. The maximum Gasteiger partial charge on any atom is 0.332 e. The fourth-order valence-corrected chi connectivity index (χ4v) is 3.03. The molecule has 0 amide bonds. The molecular formula is C17H16FN5O2. The molecule has 0 N–H and O–H groups in total. The van der Waals surface area contributed by atoms with Crippen molar-refractivity contribution < 1.29 is 4.39 Å². The number of benzene rings is 1. The molecule has 8 heteroatoms. The van der Waals surface area contributed by atoms with E-state index in [1.54, 1.807) is 23.6 Å². The van der Waals surface area contributed by atoms with Crippen molar-refractivity contribution >= 4 is 16.9 Å². The van der Waals surface area contributed by atoms with Gasteiger partial charge in [-0.2, -0.15) is 4.98 Å². The van der Waals surface area contributed by atoms with Crippen LogP contribution in [0.1, 0.15) is 11.3 Å². The largest absolute Gasteiger partial charge is 0.332 e. The third-order valence-electron chi connectivity index (χ3n) is 4.56. The van der Waals surface area contributed by atoms with Crippen LogP contribution in [0.25, 0.3) is 16.9 Å². The van der Waals surface area contributed by atoms with Gasteiger partial charge in [-0.05, 0) is 24.6 Å². The Morgan fingerprint density at radius 1 is 1.08 bits per heavy atom. The van der Waals surface area contributed by atoms with E-state index in [2.05, 4.69) is 4.98 Å². The van der Waals surface area contributed by atoms with Gasteiger partial charge in [0.15, 0.2) is 11.2 Å². The number of aryl methyl sites for hydroxylation is 3. The first-order valence-electron chi connectivity index (χ1n) is 7.77. The minimum atomic E-state index is -0.457. The number of hydrogen-bond acceptors (Lipinski definition) is 3. The first-order valence-corrected chi connectivity index (χ1v) is 7.77. The molecule has 3 aromatic heterocycles. The molecule has 4 rings (SSSR count). The summed E-state index contributed by atoms with van der Waals surface area (Å²) < 4.78 is 19.1. The van der Waals surface area contributed by atoms with Crippen LogP contribution in [0.4, 0.5) is 4.39 Å². The van der Waals surface area contributed by atoms with Gasteiger partial charge in [0.25, 0.3) is 5.56 Å². The minimum Gasteiger partial charge on any atom is -0.317 e. The van der Waals surface area contributed by atoms with Crippen LogP contribution in [-0.4, -0.2) is 23.1 Å². The maximum absolute atomic E-state index is 13.1. The molecule has 3 heterocycles. The molecule has 0 bridgehead atoms. The first kappa shape index (κ1) is 15.4. The number of aromatic nitrogens is 5. The zero-order chi connectivity index (χ0) is 17.9. The Balaban J connectivity index is 2.03. The minimum absolute atomic E-state index is 0.0702. The summed E-state index contributed by atoms with van der Waals surface area (Å²) in [5.41, 5.74) is 1.44. The highest BCUT2D eigenvalue weighted by Crippen LogP contribution is 2.14. The van der Waals surface area contributed by atoms with E-state index in [0.717, 1.165) is 10.3 Å². The second kappa shape index (κ2) is 5.17. The van der Waals surface area contributed by atoms with Crippen LogP contribution in [0.3, 0.4) is 0 Å². The van der Waals surface area contributed by atoms with Crippen molar-refractivity contribution in [2.45, 2.75) is 13.5 Å². The van der Waals surface area contributed by atoms with E-state index in [-0.39, 0.29) is 12.4 Å². The van der Waals surface area contributed by atoms with E-state index >= 15 is 0 Å². The Hall–Kier alpha value is -3.16. The monoisotopic (exact) mass is 341 g/mol. The van der Waals surface area contributed by atoms with Gasteiger partial charge in [0.1, 0.15) is 5.82 Å². The summed E-state index contributed by atoms with van der Waals surface area (Å²) in [5, 5.41) is 0. The standard InChI is InChI=1S/C17H16FN5O2/c1-10-8-22-13-14(19-16(22)20(10)2)21(3)17(25)23(15(13)24)9-11-4-6-12(18)7-5-11/h4-8H,9H2,1-3H3. The summed E-state index contributed by atoms with van der Waals surface area (Å²) in [6, 6.07) is 5.73. The molecule has 7 nitrogen and oxygen atoms in total. The van der Waals surface area contributed by atoms with Gasteiger partial charge in [-0.3, -0.25) is 18.3 Å². The van der Waals surface area contributed by atoms with Crippen molar-refractivity contribution in [3.8, 4) is 0 Å². The van der Waals surface area contributed by atoms with Crippen LogP contribution < -0.4 is 11.2 Å². The van der Waals surface area contributed by atoms with E-state index in [1.165, 1.54) is 16.7 Å². The van der Waals surface area contributed by atoms with Crippen LogP contribution in [0, 0.1) is 12.7 Å². The zero-order valence-electron chi connectivity index (χ0n) is 14.0. The van der Waals surface area contributed by atoms with Gasteiger partial charge in [-0.15, -0.1) is 0 Å². The summed E-state index contributed by atoms with van der Waals surface area (Å²) in [6.45, 7) is 1.99. The number of hydrogen-bond donors (Lipinski definition) is 0. The van der Waals surface area contributed by atoms with E-state index in [4.69, 9.17) is 0 Å². The topological polar surface area (TPSA) is 66.2 Å².